The fraction of sp³-hybridized carbons (Fsp3) is 0.688. The number of nitrogens with zero attached hydrogens (tertiary/aromatic N) is 2. The second-order valence-corrected chi connectivity index (χ2v) is 6.88. The molecule has 1 atom stereocenters. The van der Waals surface area contributed by atoms with E-state index in [4.69, 9.17) is 21.1 Å². The first-order valence-electron chi connectivity index (χ1n) is 7.87. The number of carbonyl (C=O) groups excluding carboxylic acids is 1. The van der Waals surface area contributed by atoms with Gasteiger partial charge in [-0.1, -0.05) is 18.5 Å². The van der Waals surface area contributed by atoms with Crippen molar-refractivity contribution in [2.75, 3.05) is 26.8 Å². The highest BCUT2D eigenvalue weighted by molar-refractivity contribution is 6.30. The zero-order valence-electron chi connectivity index (χ0n) is 14.3. The van der Waals surface area contributed by atoms with Crippen LogP contribution in [0.5, 0.6) is 0 Å². The van der Waals surface area contributed by atoms with E-state index >= 15 is 0 Å². The molecule has 1 saturated heterocycles. The van der Waals surface area contributed by atoms with E-state index < -0.39 is 5.79 Å². The number of hydrogen-bond acceptors (Lipinski definition) is 3. The van der Waals surface area contributed by atoms with Crippen LogP contribution in [0.2, 0.25) is 5.02 Å². The van der Waals surface area contributed by atoms with Gasteiger partial charge in [0.15, 0.2) is 5.79 Å². The molecule has 1 aliphatic heterocycles. The van der Waals surface area contributed by atoms with Crippen molar-refractivity contribution in [2.24, 2.45) is 13.0 Å². The molecule has 0 aromatic carbocycles. The van der Waals surface area contributed by atoms with Crippen LogP contribution < -0.4 is 5.32 Å². The third-order valence-corrected chi connectivity index (χ3v) is 4.25. The molecule has 0 spiro atoms. The number of amides is 2. The summed E-state index contributed by atoms with van der Waals surface area (Å²) in [4.78, 5) is 13.8. The van der Waals surface area contributed by atoms with Gasteiger partial charge in [0.05, 0.1) is 24.8 Å². The standard InChI is InChI=1S/C16H26ClN3O3/c1-12(8-16(2)22-5-6-23-16)9-18-15(21)20(4)11-14-7-13(17)10-19(14)3/h7,10,12H,5-6,8-9,11H2,1-4H3,(H,18,21)/t12-/m1/s1. The van der Waals surface area contributed by atoms with Crippen LogP contribution in [-0.4, -0.2) is 48.1 Å². The predicted molar refractivity (Wildman–Crippen MR) is 89.4 cm³/mol. The molecule has 0 unspecified atom stereocenters. The van der Waals surface area contributed by atoms with Crippen molar-refractivity contribution in [3.63, 3.8) is 0 Å². The second-order valence-electron chi connectivity index (χ2n) is 6.44. The summed E-state index contributed by atoms with van der Waals surface area (Å²) in [7, 11) is 3.68. The Hall–Kier alpha value is -1.24. The van der Waals surface area contributed by atoms with E-state index in [2.05, 4.69) is 12.2 Å². The topological polar surface area (TPSA) is 55.7 Å². The minimum absolute atomic E-state index is 0.104. The maximum atomic E-state index is 12.2. The fourth-order valence-corrected chi connectivity index (χ4v) is 3.09. The van der Waals surface area contributed by atoms with Gasteiger partial charge in [-0.15, -0.1) is 0 Å². The van der Waals surface area contributed by atoms with Crippen LogP contribution in [0.4, 0.5) is 4.79 Å². The van der Waals surface area contributed by atoms with Crippen molar-refractivity contribution in [1.82, 2.24) is 14.8 Å². The number of halogens is 1. The molecule has 1 aromatic heterocycles. The summed E-state index contributed by atoms with van der Waals surface area (Å²) in [6.45, 7) is 6.39. The number of aromatic nitrogens is 1. The Bertz CT molecular complexity index is 541. The van der Waals surface area contributed by atoms with Crippen molar-refractivity contribution in [1.29, 1.82) is 0 Å². The van der Waals surface area contributed by atoms with Crippen molar-refractivity contribution >= 4 is 17.6 Å². The van der Waals surface area contributed by atoms with Crippen molar-refractivity contribution in [3.8, 4) is 0 Å². The third-order valence-electron chi connectivity index (χ3n) is 4.04. The molecule has 1 fully saturated rings. The number of urea groups is 1. The first kappa shape index (κ1) is 18.1. The second kappa shape index (κ2) is 7.55. The number of carbonyl (C=O) groups is 1. The molecule has 6 nitrogen and oxygen atoms in total. The Morgan fingerprint density at radius 1 is 1.52 bits per heavy atom. The molecule has 0 bridgehead atoms. The Morgan fingerprint density at radius 3 is 2.74 bits per heavy atom. The molecule has 0 radical (unpaired) electrons. The number of aryl methyl sites for hydroxylation is 1. The van der Waals surface area contributed by atoms with Gasteiger partial charge in [-0.3, -0.25) is 0 Å². The smallest absolute Gasteiger partial charge is 0.317 e. The summed E-state index contributed by atoms with van der Waals surface area (Å²) in [5.41, 5.74) is 0.987. The van der Waals surface area contributed by atoms with E-state index in [1.165, 1.54) is 0 Å². The summed E-state index contributed by atoms with van der Waals surface area (Å²) >= 11 is 5.96. The number of hydrogen-bond donors (Lipinski definition) is 1. The summed E-state index contributed by atoms with van der Waals surface area (Å²) in [6, 6.07) is 1.76. The maximum Gasteiger partial charge on any atom is 0.317 e. The van der Waals surface area contributed by atoms with E-state index in [1.807, 2.05) is 30.8 Å². The van der Waals surface area contributed by atoms with Gasteiger partial charge in [0.2, 0.25) is 0 Å². The van der Waals surface area contributed by atoms with Gasteiger partial charge < -0.3 is 24.3 Å². The lowest BCUT2D eigenvalue weighted by molar-refractivity contribution is -0.153. The van der Waals surface area contributed by atoms with Gasteiger partial charge in [-0.05, 0) is 18.9 Å². The lowest BCUT2D eigenvalue weighted by Crippen LogP contribution is -2.40. The van der Waals surface area contributed by atoms with Gasteiger partial charge in [0.25, 0.3) is 0 Å². The molecular formula is C16H26ClN3O3. The molecule has 2 rings (SSSR count). The number of ether oxygens (including phenoxy) is 2. The quantitative estimate of drug-likeness (QED) is 0.863. The van der Waals surface area contributed by atoms with Crippen LogP contribution in [0.15, 0.2) is 12.3 Å². The molecule has 1 aromatic rings. The molecule has 7 heteroatoms. The van der Waals surface area contributed by atoms with Gasteiger partial charge in [0.1, 0.15) is 0 Å². The van der Waals surface area contributed by atoms with Crippen LogP contribution in [-0.2, 0) is 23.1 Å². The average Bonchev–Trinajstić information content (AvgIpc) is 3.02. The molecular weight excluding hydrogens is 318 g/mol. The van der Waals surface area contributed by atoms with Crippen LogP contribution in [0.1, 0.15) is 26.0 Å². The van der Waals surface area contributed by atoms with Crippen LogP contribution in [0.3, 0.4) is 0 Å². The summed E-state index contributed by atoms with van der Waals surface area (Å²) < 4.78 is 13.1. The summed E-state index contributed by atoms with van der Waals surface area (Å²) in [5.74, 6) is -0.254. The Kier molecular flexibility index (Phi) is 5.95. The number of rotatable bonds is 6. The zero-order chi connectivity index (χ0) is 17.0. The van der Waals surface area contributed by atoms with Crippen molar-refractivity contribution in [2.45, 2.75) is 32.6 Å². The molecule has 0 aliphatic carbocycles. The Labute approximate surface area is 142 Å². The largest absolute Gasteiger partial charge is 0.351 e. The van der Waals surface area contributed by atoms with Gasteiger partial charge >= 0.3 is 6.03 Å². The fourth-order valence-electron chi connectivity index (χ4n) is 2.81. The Balaban J connectivity index is 1.76. The van der Waals surface area contributed by atoms with E-state index in [-0.39, 0.29) is 11.9 Å². The molecule has 1 aliphatic rings. The molecule has 23 heavy (non-hydrogen) atoms. The molecule has 1 N–H and O–H groups in total. The van der Waals surface area contributed by atoms with Gasteiger partial charge in [-0.25, -0.2) is 4.79 Å². The molecule has 0 saturated carbocycles. The first-order chi connectivity index (χ1) is 10.8. The molecule has 2 amide bonds. The highest BCUT2D eigenvalue weighted by Crippen LogP contribution is 2.26. The maximum absolute atomic E-state index is 12.2. The summed E-state index contributed by atoms with van der Waals surface area (Å²) in [5, 5.41) is 3.63. The Morgan fingerprint density at radius 2 is 2.17 bits per heavy atom. The highest BCUT2D eigenvalue weighted by atomic mass is 35.5. The predicted octanol–water partition coefficient (Wildman–Crippen LogP) is 2.61. The minimum atomic E-state index is -0.518. The number of nitrogens with one attached hydrogen (secondary N) is 1. The minimum Gasteiger partial charge on any atom is -0.351 e. The van der Waals surface area contributed by atoms with E-state index in [0.29, 0.717) is 31.3 Å². The lowest BCUT2D eigenvalue weighted by Gasteiger charge is -2.26. The van der Waals surface area contributed by atoms with E-state index in [9.17, 15) is 4.79 Å². The first-order valence-corrected chi connectivity index (χ1v) is 8.24. The van der Waals surface area contributed by atoms with Gasteiger partial charge in [0, 0.05) is 39.0 Å². The SMILES string of the molecule is C[C@@H](CNC(=O)N(C)Cc1cc(Cl)cn1C)CC1(C)OCCO1. The molecule has 130 valence electrons. The third kappa shape index (κ3) is 5.12. The zero-order valence-corrected chi connectivity index (χ0v) is 15.0. The van der Waals surface area contributed by atoms with Crippen LogP contribution in [0, 0.1) is 5.92 Å². The highest BCUT2D eigenvalue weighted by Gasteiger charge is 2.32. The van der Waals surface area contributed by atoms with Crippen LogP contribution >= 0.6 is 11.6 Å². The average molecular weight is 344 g/mol. The van der Waals surface area contributed by atoms with Crippen LogP contribution in [0.25, 0.3) is 0 Å². The monoisotopic (exact) mass is 343 g/mol. The lowest BCUT2D eigenvalue weighted by atomic mass is 10.0. The normalized spacial score (nSPS) is 18.0. The van der Waals surface area contributed by atoms with Gasteiger partial charge in [-0.2, -0.15) is 0 Å². The van der Waals surface area contributed by atoms with Crippen molar-refractivity contribution < 1.29 is 14.3 Å². The van der Waals surface area contributed by atoms with Crippen molar-refractivity contribution in [3.05, 3.63) is 23.0 Å². The molecule has 2 heterocycles. The summed E-state index contributed by atoms with van der Waals surface area (Å²) in [6.07, 6.45) is 2.58. The van der Waals surface area contributed by atoms with E-state index in [0.717, 1.165) is 12.1 Å². The van der Waals surface area contributed by atoms with E-state index in [1.54, 1.807) is 11.9 Å².